The van der Waals surface area contributed by atoms with Crippen molar-refractivity contribution >= 4 is 11.8 Å². The Bertz CT molecular complexity index is 684. The van der Waals surface area contributed by atoms with Crippen molar-refractivity contribution in [2.75, 3.05) is 4.90 Å². The van der Waals surface area contributed by atoms with E-state index in [2.05, 4.69) is 11.8 Å². The Morgan fingerprint density at radius 3 is 2.09 bits per heavy atom. The van der Waals surface area contributed by atoms with Crippen LogP contribution in [0.2, 0.25) is 0 Å². The Labute approximate surface area is 137 Å². The number of hydrogen-bond acceptors (Lipinski definition) is 2. The minimum absolute atomic E-state index is 0.000757. The highest BCUT2D eigenvalue weighted by molar-refractivity contribution is 5.88. The van der Waals surface area contributed by atoms with Gasteiger partial charge in [0.05, 0.1) is 0 Å². The molecule has 0 radical (unpaired) electrons. The van der Waals surface area contributed by atoms with Gasteiger partial charge >= 0.3 is 6.09 Å². The van der Waals surface area contributed by atoms with Crippen LogP contribution in [0.4, 0.5) is 10.5 Å². The van der Waals surface area contributed by atoms with E-state index >= 15 is 0 Å². The molecule has 0 fully saturated rings. The number of rotatable bonds is 3. The fourth-order valence-electron chi connectivity index (χ4n) is 2.15. The Kier molecular flexibility index (Phi) is 5.82. The highest BCUT2D eigenvalue weighted by Crippen LogP contribution is 2.18. The number of carbonyl (C=O) groups is 1. The minimum Gasteiger partial charge on any atom is -0.433 e. The summed E-state index contributed by atoms with van der Waals surface area (Å²) in [4.78, 5) is 14.1. The number of amides is 1. The maximum absolute atomic E-state index is 12.4. The molecule has 0 aliphatic carbocycles. The number of carbonyl (C=O) groups excluding carboxylic acids is 1. The highest BCUT2D eigenvalue weighted by Gasteiger charge is 2.21. The molecule has 0 aliphatic heterocycles. The Morgan fingerprint density at radius 1 is 0.957 bits per heavy atom. The van der Waals surface area contributed by atoms with Crippen molar-refractivity contribution in [2.24, 2.45) is 0 Å². The average molecular weight is 307 g/mol. The van der Waals surface area contributed by atoms with Gasteiger partial charge in [0.1, 0.15) is 0 Å². The van der Waals surface area contributed by atoms with E-state index in [0.29, 0.717) is 0 Å². The van der Waals surface area contributed by atoms with Crippen molar-refractivity contribution in [1.29, 1.82) is 0 Å². The zero-order valence-corrected chi connectivity index (χ0v) is 13.7. The number of anilines is 1. The van der Waals surface area contributed by atoms with Crippen LogP contribution in [0.5, 0.6) is 0 Å². The van der Waals surface area contributed by atoms with Crippen LogP contribution in [-0.2, 0) is 4.74 Å². The zero-order valence-electron chi connectivity index (χ0n) is 13.7. The van der Waals surface area contributed by atoms with Gasteiger partial charge in [0, 0.05) is 17.3 Å². The molecule has 0 N–H and O–H groups in total. The van der Waals surface area contributed by atoms with Gasteiger partial charge in [-0.25, -0.2) is 4.79 Å². The Hall–Kier alpha value is -2.73. The van der Waals surface area contributed by atoms with E-state index in [9.17, 15) is 4.79 Å². The number of benzene rings is 2. The van der Waals surface area contributed by atoms with Gasteiger partial charge in [0.25, 0.3) is 0 Å². The third-order valence-electron chi connectivity index (χ3n) is 3.22. The van der Waals surface area contributed by atoms with Gasteiger partial charge in [-0.05, 0) is 45.0 Å². The van der Waals surface area contributed by atoms with E-state index in [1.165, 1.54) is 0 Å². The molecule has 0 aliphatic rings. The van der Waals surface area contributed by atoms with Gasteiger partial charge in [-0.15, -0.1) is 0 Å². The molecule has 0 saturated carbocycles. The van der Waals surface area contributed by atoms with E-state index in [1.807, 2.05) is 74.5 Å². The largest absolute Gasteiger partial charge is 0.433 e. The summed E-state index contributed by atoms with van der Waals surface area (Å²) in [6.07, 6.45) is -0.867. The predicted octanol–water partition coefficient (Wildman–Crippen LogP) is 4.48. The normalized spacial score (nSPS) is 11.3. The SMILES string of the molecule is CC(C#Cc1ccccc1)OC(=O)N(c1ccccc1)C(C)C. The molecular formula is C20H21NO2. The molecule has 118 valence electrons. The van der Waals surface area contributed by atoms with Crippen LogP contribution in [0.25, 0.3) is 0 Å². The molecule has 1 amide bonds. The second kappa shape index (κ2) is 8.05. The van der Waals surface area contributed by atoms with Crippen molar-refractivity contribution in [3.05, 3.63) is 66.2 Å². The van der Waals surface area contributed by atoms with Crippen LogP contribution in [0, 0.1) is 11.8 Å². The quantitative estimate of drug-likeness (QED) is 0.783. The number of hydrogen-bond donors (Lipinski definition) is 0. The van der Waals surface area contributed by atoms with Crippen molar-refractivity contribution in [2.45, 2.75) is 32.9 Å². The van der Waals surface area contributed by atoms with E-state index in [4.69, 9.17) is 4.74 Å². The van der Waals surface area contributed by atoms with E-state index in [-0.39, 0.29) is 12.1 Å². The van der Waals surface area contributed by atoms with Gasteiger partial charge in [0.2, 0.25) is 0 Å². The first-order valence-electron chi connectivity index (χ1n) is 7.69. The third kappa shape index (κ3) is 4.89. The van der Waals surface area contributed by atoms with Gasteiger partial charge in [-0.2, -0.15) is 0 Å². The summed E-state index contributed by atoms with van der Waals surface area (Å²) in [6, 6.07) is 19.1. The zero-order chi connectivity index (χ0) is 16.7. The third-order valence-corrected chi connectivity index (χ3v) is 3.22. The van der Waals surface area contributed by atoms with Crippen molar-refractivity contribution in [3.63, 3.8) is 0 Å². The summed E-state index contributed by atoms with van der Waals surface area (Å²) >= 11 is 0. The number of ether oxygens (including phenoxy) is 1. The first-order valence-corrected chi connectivity index (χ1v) is 7.69. The molecule has 2 aromatic rings. The number of nitrogens with zero attached hydrogens (tertiary/aromatic N) is 1. The standard InChI is InChI=1S/C20H21NO2/c1-16(2)21(19-12-8-5-9-13-19)20(22)23-17(3)14-15-18-10-6-4-7-11-18/h4-13,16-17H,1-3H3. The summed E-state index contributed by atoms with van der Waals surface area (Å²) in [5.74, 6) is 5.97. The molecule has 23 heavy (non-hydrogen) atoms. The molecule has 0 bridgehead atoms. The van der Waals surface area contributed by atoms with Crippen LogP contribution in [-0.4, -0.2) is 18.2 Å². The summed E-state index contributed by atoms with van der Waals surface area (Å²) in [5.41, 5.74) is 1.72. The second-order valence-electron chi connectivity index (χ2n) is 5.46. The van der Waals surface area contributed by atoms with Gasteiger partial charge < -0.3 is 4.74 Å². The minimum atomic E-state index is -0.479. The molecule has 0 spiro atoms. The Balaban J connectivity index is 2.06. The lowest BCUT2D eigenvalue weighted by Crippen LogP contribution is -2.38. The molecule has 1 atom stereocenters. The molecule has 3 nitrogen and oxygen atoms in total. The Morgan fingerprint density at radius 2 is 1.52 bits per heavy atom. The van der Waals surface area contributed by atoms with Gasteiger partial charge in [0.15, 0.2) is 6.10 Å². The van der Waals surface area contributed by atoms with Crippen LogP contribution in [0.3, 0.4) is 0 Å². The fourth-order valence-corrected chi connectivity index (χ4v) is 2.15. The van der Waals surface area contributed by atoms with E-state index in [1.54, 1.807) is 11.8 Å². The molecule has 2 aromatic carbocycles. The highest BCUT2D eigenvalue weighted by atomic mass is 16.6. The number of para-hydroxylation sites is 1. The topological polar surface area (TPSA) is 29.5 Å². The van der Waals surface area contributed by atoms with Crippen LogP contribution in [0.15, 0.2) is 60.7 Å². The van der Waals surface area contributed by atoms with Crippen LogP contribution >= 0.6 is 0 Å². The molecule has 0 saturated heterocycles. The lowest BCUT2D eigenvalue weighted by atomic mass is 10.2. The smallest absolute Gasteiger partial charge is 0.415 e. The molecule has 0 aromatic heterocycles. The second-order valence-corrected chi connectivity index (χ2v) is 5.46. The maximum Gasteiger partial charge on any atom is 0.415 e. The van der Waals surface area contributed by atoms with Crippen molar-refractivity contribution in [3.8, 4) is 11.8 Å². The predicted molar refractivity (Wildman–Crippen MR) is 93.3 cm³/mol. The molecule has 2 rings (SSSR count). The maximum atomic E-state index is 12.4. The molecule has 0 heterocycles. The van der Waals surface area contributed by atoms with Gasteiger partial charge in [-0.1, -0.05) is 48.2 Å². The van der Waals surface area contributed by atoms with Crippen LogP contribution in [0.1, 0.15) is 26.3 Å². The lowest BCUT2D eigenvalue weighted by molar-refractivity contribution is 0.136. The molecule has 1 unspecified atom stereocenters. The van der Waals surface area contributed by atoms with Gasteiger partial charge in [-0.3, -0.25) is 4.90 Å². The van der Waals surface area contributed by atoms with Crippen molar-refractivity contribution in [1.82, 2.24) is 0 Å². The van der Waals surface area contributed by atoms with E-state index < -0.39 is 6.10 Å². The molecule has 3 heteroatoms. The summed E-state index contributed by atoms with van der Waals surface area (Å²) < 4.78 is 5.46. The first-order chi connectivity index (χ1) is 11.1. The van der Waals surface area contributed by atoms with E-state index in [0.717, 1.165) is 11.3 Å². The fraction of sp³-hybridized carbons (Fsp3) is 0.250. The van der Waals surface area contributed by atoms with Crippen LogP contribution < -0.4 is 4.90 Å². The van der Waals surface area contributed by atoms with Crippen molar-refractivity contribution < 1.29 is 9.53 Å². The summed E-state index contributed by atoms with van der Waals surface area (Å²) in [5, 5.41) is 0. The lowest BCUT2D eigenvalue weighted by Gasteiger charge is -2.26. The average Bonchev–Trinajstić information content (AvgIpc) is 2.54. The molecular weight excluding hydrogens is 286 g/mol. The first kappa shape index (κ1) is 16.6. The monoisotopic (exact) mass is 307 g/mol. The summed E-state index contributed by atoms with van der Waals surface area (Å²) in [7, 11) is 0. The summed E-state index contributed by atoms with van der Waals surface area (Å²) in [6.45, 7) is 5.68.